The van der Waals surface area contributed by atoms with Crippen molar-refractivity contribution < 1.29 is 13.0 Å². The maximum absolute atomic E-state index is 10.2. The van der Waals surface area contributed by atoms with Gasteiger partial charge in [-0.3, -0.25) is 4.55 Å². The van der Waals surface area contributed by atoms with Crippen molar-refractivity contribution in [2.45, 2.75) is 13.0 Å². The number of nitrogens with two attached hydrogens (primary N) is 2. The molecule has 0 fully saturated rings. The lowest BCUT2D eigenvalue weighted by molar-refractivity contribution is 0.479. The monoisotopic (exact) mass is 181 g/mol. The van der Waals surface area contributed by atoms with E-state index in [2.05, 4.69) is 4.99 Å². The van der Waals surface area contributed by atoms with Crippen LogP contribution in [0.4, 0.5) is 0 Å². The summed E-state index contributed by atoms with van der Waals surface area (Å²) in [5, 5.41) is 0. The van der Waals surface area contributed by atoms with Crippen molar-refractivity contribution in [1.29, 1.82) is 0 Å². The van der Waals surface area contributed by atoms with Crippen molar-refractivity contribution in [3.05, 3.63) is 0 Å². The van der Waals surface area contributed by atoms with Gasteiger partial charge in [0, 0.05) is 0 Å². The van der Waals surface area contributed by atoms with E-state index in [0.29, 0.717) is 0 Å². The molecule has 0 rings (SSSR count). The Morgan fingerprint density at radius 2 is 2.09 bits per heavy atom. The van der Waals surface area contributed by atoms with Crippen LogP contribution in [0.3, 0.4) is 0 Å². The molecule has 5 N–H and O–H groups in total. The third-order valence-corrected chi connectivity index (χ3v) is 1.72. The minimum absolute atomic E-state index is 0.193. The normalized spacial score (nSPS) is 14.0. The molecule has 6 nitrogen and oxygen atoms in total. The first-order chi connectivity index (χ1) is 4.81. The predicted molar refractivity (Wildman–Crippen MR) is 41.7 cm³/mol. The second kappa shape index (κ2) is 3.54. The van der Waals surface area contributed by atoms with Gasteiger partial charge < -0.3 is 11.5 Å². The summed E-state index contributed by atoms with van der Waals surface area (Å²) in [5.41, 5.74) is 9.93. The van der Waals surface area contributed by atoms with Crippen LogP contribution < -0.4 is 11.5 Å². The third-order valence-electron chi connectivity index (χ3n) is 0.821. The molecule has 1 atom stereocenters. The van der Waals surface area contributed by atoms with Gasteiger partial charge in [0.1, 0.15) is 0 Å². The van der Waals surface area contributed by atoms with Crippen molar-refractivity contribution in [1.82, 2.24) is 0 Å². The Labute approximate surface area is 65.0 Å². The summed E-state index contributed by atoms with van der Waals surface area (Å²) < 4.78 is 28.8. The third kappa shape index (κ3) is 7.07. The Bertz CT molecular complexity index is 241. The van der Waals surface area contributed by atoms with Gasteiger partial charge in [0.05, 0.1) is 11.8 Å². The summed E-state index contributed by atoms with van der Waals surface area (Å²) in [6.45, 7) is 1.48. The van der Waals surface area contributed by atoms with Crippen LogP contribution in [0.2, 0.25) is 0 Å². The SMILES string of the molecule is CC(CS(=O)(=O)O)N=C(N)N. The average Bonchev–Trinajstić information content (AvgIpc) is 1.53. The molecule has 66 valence electrons. The van der Waals surface area contributed by atoms with Gasteiger partial charge >= 0.3 is 0 Å². The molecule has 0 aliphatic carbocycles. The van der Waals surface area contributed by atoms with Gasteiger partial charge in [-0.05, 0) is 6.92 Å². The molecule has 0 spiro atoms. The molecule has 11 heavy (non-hydrogen) atoms. The summed E-state index contributed by atoms with van der Waals surface area (Å²) in [6, 6.07) is -0.616. The van der Waals surface area contributed by atoms with Crippen LogP contribution in [0.1, 0.15) is 6.92 Å². The molecule has 0 aliphatic heterocycles. The zero-order chi connectivity index (χ0) is 9.07. The smallest absolute Gasteiger partial charge is 0.266 e. The highest BCUT2D eigenvalue weighted by Crippen LogP contribution is 1.93. The Hall–Kier alpha value is -0.820. The van der Waals surface area contributed by atoms with Crippen molar-refractivity contribution in [2.24, 2.45) is 16.5 Å². The van der Waals surface area contributed by atoms with E-state index >= 15 is 0 Å². The lowest BCUT2D eigenvalue weighted by Gasteiger charge is -2.02. The van der Waals surface area contributed by atoms with Crippen molar-refractivity contribution in [3.63, 3.8) is 0 Å². The first kappa shape index (κ1) is 10.2. The van der Waals surface area contributed by atoms with E-state index in [1.54, 1.807) is 0 Å². The summed E-state index contributed by atoms with van der Waals surface area (Å²) in [5.74, 6) is -0.661. The van der Waals surface area contributed by atoms with Crippen LogP contribution in [0.25, 0.3) is 0 Å². The van der Waals surface area contributed by atoms with E-state index in [-0.39, 0.29) is 5.96 Å². The Balaban J connectivity index is 4.11. The fourth-order valence-corrected chi connectivity index (χ4v) is 1.28. The molecule has 0 saturated carbocycles. The van der Waals surface area contributed by atoms with Gasteiger partial charge in [0.15, 0.2) is 5.96 Å². The highest BCUT2D eigenvalue weighted by atomic mass is 32.2. The molecule has 1 unspecified atom stereocenters. The summed E-state index contributed by atoms with van der Waals surface area (Å²) in [4.78, 5) is 3.50. The van der Waals surface area contributed by atoms with Crippen molar-refractivity contribution in [3.8, 4) is 0 Å². The second-order valence-corrected chi connectivity index (χ2v) is 3.65. The van der Waals surface area contributed by atoms with Crippen LogP contribution in [0, 0.1) is 0 Å². The van der Waals surface area contributed by atoms with Gasteiger partial charge in [0.2, 0.25) is 0 Å². The highest BCUT2D eigenvalue weighted by molar-refractivity contribution is 7.85. The van der Waals surface area contributed by atoms with Gasteiger partial charge in [-0.25, -0.2) is 4.99 Å². The molecule has 0 heterocycles. The summed E-state index contributed by atoms with van der Waals surface area (Å²) >= 11 is 0. The van der Waals surface area contributed by atoms with E-state index in [1.807, 2.05) is 0 Å². The molecule has 0 aliphatic rings. The minimum atomic E-state index is -3.99. The fraction of sp³-hybridized carbons (Fsp3) is 0.750. The van der Waals surface area contributed by atoms with Crippen LogP contribution in [-0.2, 0) is 10.1 Å². The predicted octanol–water partition coefficient (Wildman–Crippen LogP) is -1.46. The maximum atomic E-state index is 10.2. The van der Waals surface area contributed by atoms with E-state index in [0.717, 1.165) is 0 Å². The number of rotatable bonds is 3. The molecule has 0 radical (unpaired) electrons. The molecule has 0 aromatic rings. The number of guanidine groups is 1. The molecule has 0 bridgehead atoms. The number of nitrogens with zero attached hydrogens (tertiary/aromatic N) is 1. The Morgan fingerprint density at radius 1 is 1.64 bits per heavy atom. The Kier molecular flexibility index (Phi) is 3.27. The second-order valence-electron chi connectivity index (χ2n) is 2.15. The van der Waals surface area contributed by atoms with E-state index in [9.17, 15) is 8.42 Å². The fourth-order valence-electron chi connectivity index (χ4n) is 0.597. The summed E-state index contributed by atoms with van der Waals surface area (Å²) in [6.07, 6.45) is 0. The lowest BCUT2D eigenvalue weighted by Crippen LogP contribution is -2.27. The molecule has 0 aromatic carbocycles. The van der Waals surface area contributed by atoms with E-state index in [4.69, 9.17) is 16.0 Å². The van der Waals surface area contributed by atoms with Crippen LogP contribution in [-0.4, -0.2) is 30.7 Å². The minimum Gasteiger partial charge on any atom is -0.370 e. The zero-order valence-electron chi connectivity index (χ0n) is 6.06. The largest absolute Gasteiger partial charge is 0.370 e. The van der Waals surface area contributed by atoms with Gasteiger partial charge in [-0.2, -0.15) is 8.42 Å². The number of hydrogen-bond donors (Lipinski definition) is 3. The van der Waals surface area contributed by atoms with Crippen LogP contribution in [0.5, 0.6) is 0 Å². The molecule has 0 amide bonds. The van der Waals surface area contributed by atoms with Crippen molar-refractivity contribution >= 4 is 16.1 Å². The zero-order valence-corrected chi connectivity index (χ0v) is 6.87. The van der Waals surface area contributed by atoms with Gasteiger partial charge in [0.25, 0.3) is 10.1 Å². The maximum Gasteiger partial charge on any atom is 0.266 e. The first-order valence-corrected chi connectivity index (χ1v) is 4.46. The molecular weight excluding hydrogens is 170 g/mol. The topological polar surface area (TPSA) is 119 Å². The van der Waals surface area contributed by atoms with Gasteiger partial charge in [-0.1, -0.05) is 0 Å². The van der Waals surface area contributed by atoms with E-state index < -0.39 is 21.9 Å². The average molecular weight is 181 g/mol. The summed E-state index contributed by atoms with van der Waals surface area (Å²) in [7, 11) is -3.99. The number of aliphatic imine (C=N–C) groups is 1. The van der Waals surface area contributed by atoms with E-state index in [1.165, 1.54) is 6.92 Å². The van der Waals surface area contributed by atoms with Crippen molar-refractivity contribution in [2.75, 3.05) is 5.75 Å². The Morgan fingerprint density at radius 3 is 2.36 bits per heavy atom. The lowest BCUT2D eigenvalue weighted by atomic mass is 10.4. The standard InChI is InChI=1S/C4H11N3O3S/c1-3(7-4(5)6)2-11(8,9)10/h3H,2H2,1H3,(H4,5,6,7)(H,8,9,10). The van der Waals surface area contributed by atoms with Crippen LogP contribution in [0.15, 0.2) is 4.99 Å². The molecule has 0 saturated heterocycles. The van der Waals surface area contributed by atoms with Crippen LogP contribution >= 0.6 is 0 Å². The quantitative estimate of drug-likeness (QED) is 0.279. The molecule has 0 aromatic heterocycles. The van der Waals surface area contributed by atoms with Gasteiger partial charge in [-0.15, -0.1) is 0 Å². The first-order valence-electron chi connectivity index (χ1n) is 2.85. The molecule has 7 heteroatoms. The highest BCUT2D eigenvalue weighted by Gasteiger charge is 2.10. The molecular formula is C4H11N3O3S. The number of hydrogen-bond acceptors (Lipinski definition) is 3.